The molecule has 0 fully saturated rings. The van der Waals surface area contributed by atoms with Gasteiger partial charge in [-0.25, -0.2) is 9.37 Å². The van der Waals surface area contributed by atoms with Crippen molar-refractivity contribution < 1.29 is 8.50 Å². The van der Waals surface area contributed by atoms with E-state index in [9.17, 15) is 4.39 Å². The second-order valence-corrected chi connectivity index (χ2v) is 3.28. The van der Waals surface area contributed by atoms with Crippen LogP contribution in [-0.4, -0.2) is 9.38 Å². The normalized spacial score (nSPS) is 15.7. The Labute approximate surface area is 81.4 Å². The van der Waals surface area contributed by atoms with Crippen LogP contribution >= 0.6 is 15.9 Å². The fourth-order valence-electron chi connectivity index (χ4n) is 1.02. The molecule has 2 nitrogen and oxygen atoms in total. The highest BCUT2D eigenvalue weighted by Gasteiger charge is 2.04. The predicted molar refractivity (Wildman–Crippen MR) is 47.6 cm³/mol. The molecular weight excluding hydrogens is 223 g/mol. The number of imidazole rings is 1. The number of fused-ring (bicyclic) bond motifs is 1. The highest BCUT2D eigenvalue weighted by Crippen LogP contribution is 2.15. The lowest BCUT2D eigenvalue weighted by Crippen LogP contribution is -1.87. The Morgan fingerprint density at radius 2 is 2.50 bits per heavy atom. The van der Waals surface area contributed by atoms with Crippen molar-refractivity contribution in [3.05, 3.63) is 34.4 Å². The highest BCUT2D eigenvalue weighted by atomic mass is 79.9. The monoisotopic (exact) mass is 231 g/mol. The van der Waals surface area contributed by atoms with Crippen LogP contribution in [0.3, 0.4) is 0 Å². The Hall–Kier alpha value is -0.900. The number of aryl methyl sites for hydroxylation is 1. The molecule has 62 valence electrons. The van der Waals surface area contributed by atoms with Crippen molar-refractivity contribution in [2.45, 2.75) is 6.85 Å². The summed E-state index contributed by atoms with van der Waals surface area (Å²) in [6.45, 7) is -2.31. The molecule has 0 amide bonds. The van der Waals surface area contributed by atoms with E-state index in [0.717, 1.165) is 0 Å². The van der Waals surface area contributed by atoms with Gasteiger partial charge in [0.05, 0.1) is 5.69 Å². The number of rotatable bonds is 0. The Bertz CT molecular complexity index is 520. The second kappa shape index (κ2) is 2.55. The first-order valence-corrected chi connectivity index (χ1v) is 4.01. The van der Waals surface area contributed by atoms with E-state index < -0.39 is 12.7 Å². The van der Waals surface area contributed by atoms with Crippen molar-refractivity contribution in [3.63, 3.8) is 0 Å². The molecule has 12 heavy (non-hydrogen) atoms. The van der Waals surface area contributed by atoms with Crippen LogP contribution in [0.5, 0.6) is 0 Å². The van der Waals surface area contributed by atoms with E-state index in [1.165, 1.54) is 16.7 Å². The summed E-state index contributed by atoms with van der Waals surface area (Å²) in [5, 5.41) is 0. The smallest absolute Gasteiger partial charge is 0.173 e. The molecular formula is C8H6BrFN2. The van der Waals surface area contributed by atoms with Crippen molar-refractivity contribution in [1.29, 1.82) is 0 Å². The topological polar surface area (TPSA) is 17.3 Å². The summed E-state index contributed by atoms with van der Waals surface area (Å²) in [7, 11) is 0. The molecule has 0 saturated heterocycles. The molecule has 4 heteroatoms. The highest BCUT2D eigenvalue weighted by molar-refractivity contribution is 9.10. The molecule has 0 radical (unpaired) electrons. The van der Waals surface area contributed by atoms with Crippen molar-refractivity contribution in [2.24, 2.45) is 0 Å². The van der Waals surface area contributed by atoms with Crippen LogP contribution in [0.15, 0.2) is 22.9 Å². The number of aromatic nitrogens is 2. The molecule has 0 aromatic carbocycles. The van der Waals surface area contributed by atoms with E-state index in [0.29, 0.717) is 4.47 Å². The lowest BCUT2D eigenvalue weighted by atomic mass is 10.4. The van der Waals surface area contributed by atoms with Gasteiger partial charge in [-0.15, -0.1) is 0 Å². The molecule has 0 aliphatic carbocycles. The zero-order chi connectivity index (χ0) is 11.2. The summed E-state index contributed by atoms with van der Waals surface area (Å²) in [6.07, 6.45) is 2.86. The third kappa shape index (κ3) is 1.12. The number of pyridine rings is 1. The average Bonchev–Trinajstić information content (AvgIpc) is 2.46. The summed E-state index contributed by atoms with van der Waals surface area (Å²) < 4.78 is 36.7. The minimum Gasteiger partial charge on any atom is -0.303 e. The second-order valence-electron chi connectivity index (χ2n) is 2.36. The van der Waals surface area contributed by atoms with Crippen LogP contribution in [0.4, 0.5) is 4.39 Å². The maximum Gasteiger partial charge on any atom is 0.173 e. The van der Waals surface area contributed by atoms with Crippen LogP contribution in [0.2, 0.25) is 0 Å². The molecule has 0 bridgehead atoms. The Kier molecular flexibility index (Phi) is 1.06. The first-order chi connectivity index (χ1) is 6.88. The maximum absolute atomic E-state index is 13.4. The van der Waals surface area contributed by atoms with Gasteiger partial charge in [-0.05, 0) is 28.8 Å². The summed E-state index contributed by atoms with van der Waals surface area (Å²) in [6, 6.07) is 1.24. The lowest BCUT2D eigenvalue weighted by Gasteiger charge is -1.95. The quantitative estimate of drug-likeness (QED) is 0.682. The van der Waals surface area contributed by atoms with E-state index >= 15 is 0 Å². The summed E-state index contributed by atoms with van der Waals surface area (Å²) >= 11 is 3.11. The van der Waals surface area contributed by atoms with Crippen molar-refractivity contribution in [3.8, 4) is 0 Å². The molecule has 2 aromatic heterocycles. The first-order valence-electron chi connectivity index (χ1n) is 4.72. The van der Waals surface area contributed by atoms with E-state index in [2.05, 4.69) is 20.9 Å². The van der Waals surface area contributed by atoms with Gasteiger partial charge in [0.1, 0.15) is 0 Å². The van der Waals surface area contributed by atoms with Crippen LogP contribution in [-0.2, 0) is 0 Å². The molecule has 0 saturated carbocycles. The van der Waals surface area contributed by atoms with E-state index in [1.54, 1.807) is 6.20 Å². The third-order valence-corrected chi connectivity index (χ3v) is 1.91. The largest absolute Gasteiger partial charge is 0.303 e. The minimum atomic E-state index is -2.31. The van der Waals surface area contributed by atoms with Gasteiger partial charge in [-0.2, -0.15) is 0 Å². The van der Waals surface area contributed by atoms with Crippen LogP contribution < -0.4 is 0 Å². The number of hydrogen-bond donors (Lipinski definition) is 0. The molecule has 0 spiro atoms. The van der Waals surface area contributed by atoms with Gasteiger partial charge in [0.25, 0.3) is 0 Å². The van der Waals surface area contributed by atoms with Crippen LogP contribution in [0.25, 0.3) is 5.65 Å². The fourth-order valence-corrected chi connectivity index (χ4v) is 1.45. The van der Waals surface area contributed by atoms with E-state index in [1.807, 2.05) is 0 Å². The molecule has 2 heterocycles. The summed E-state index contributed by atoms with van der Waals surface area (Å²) in [5.41, 5.74) is -0.0937. The van der Waals surface area contributed by atoms with Gasteiger partial charge in [-0.1, -0.05) is 0 Å². The van der Waals surface area contributed by atoms with Gasteiger partial charge >= 0.3 is 0 Å². The Morgan fingerprint density at radius 1 is 1.67 bits per heavy atom. The third-order valence-electron chi connectivity index (χ3n) is 1.47. The minimum absolute atomic E-state index is 0.0179. The number of halogens is 2. The molecule has 2 rings (SSSR count). The van der Waals surface area contributed by atoms with Gasteiger partial charge in [0, 0.05) is 21.0 Å². The van der Waals surface area contributed by atoms with Gasteiger partial charge in [0.15, 0.2) is 11.5 Å². The number of hydrogen-bond acceptors (Lipinski definition) is 1. The van der Waals surface area contributed by atoms with Gasteiger partial charge < -0.3 is 4.40 Å². The van der Waals surface area contributed by atoms with Gasteiger partial charge in [-0.3, -0.25) is 0 Å². The van der Waals surface area contributed by atoms with E-state index in [-0.39, 0.29) is 11.3 Å². The molecule has 0 aliphatic heterocycles. The maximum atomic E-state index is 13.4. The summed E-state index contributed by atoms with van der Waals surface area (Å²) in [4.78, 5) is 3.73. The van der Waals surface area contributed by atoms with E-state index in [4.69, 9.17) is 4.11 Å². The van der Waals surface area contributed by atoms with Gasteiger partial charge in [0.2, 0.25) is 0 Å². The predicted octanol–water partition coefficient (Wildman–Crippen LogP) is 2.54. The van der Waals surface area contributed by atoms with Crippen LogP contribution in [0, 0.1) is 12.7 Å². The Balaban J connectivity index is 2.71. The zero-order valence-corrected chi connectivity index (χ0v) is 7.47. The molecule has 2 aromatic rings. The van der Waals surface area contributed by atoms with Crippen molar-refractivity contribution in [2.75, 3.05) is 0 Å². The lowest BCUT2D eigenvalue weighted by molar-refractivity contribution is 0.629. The SMILES string of the molecule is [2H]C([2H])([2H])c1cn2cc(Br)cc(F)c2n1. The average molecular weight is 232 g/mol. The van der Waals surface area contributed by atoms with Crippen molar-refractivity contribution in [1.82, 2.24) is 9.38 Å². The molecule has 0 N–H and O–H groups in total. The first kappa shape index (κ1) is 4.97. The molecule has 0 atom stereocenters. The fraction of sp³-hybridized carbons (Fsp3) is 0.125. The Morgan fingerprint density at radius 3 is 3.25 bits per heavy atom. The van der Waals surface area contributed by atoms with Crippen molar-refractivity contribution >= 4 is 21.6 Å². The molecule has 0 unspecified atom stereocenters. The molecule has 0 aliphatic rings. The number of nitrogens with zero attached hydrogens (tertiary/aromatic N) is 2. The zero-order valence-electron chi connectivity index (χ0n) is 8.88. The standard InChI is InChI=1S/C8H6BrFN2/c1-5-3-12-4-6(9)2-7(10)8(12)11-5/h2-4H,1H3/i1D3. The van der Waals surface area contributed by atoms with Crippen LogP contribution in [0.1, 0.15) is 9.81 Å². The summed E-state index contributed by atoms with van der Waals surface area (Å²) in [5.74, 6) is -0.556.